The highest BCUT2D eigenvalue weighted by molar-refractivity contribution is 7.45. The molecule has 8 nitrogen and oxygen atoms in total. The van der Waals surface area contributed by atoms with Gasteiger partial charge in [0.25, 0.3) is 7.82 Å². The number of unbranched alkanes of at least 4 members (excludes halogenated alkanes) is 37. The fourth-order valence-corrected chi connectivity index (χ4v) is 10.2. The molecule has 3 unspecified atom stereocenters. The average molecular weight is 1100 g/mol. The number of aliphatic hydroxyl groups is 1. The molecule has 77 heavy (non-hydrogen) atoms. The zero-order valence-electron chi connectivity index (χ0n) is 51.4. The minimum absolute atomic E-state index is 0.0133. The lowest BCUT2D eigenvalue weighted by atomic mass is 10.0. The van der Waals surface area contributed by atoms with E-state index in [0.29, 0.717) is 17.4 Å². The van der Waals surface area contributed by atoms with Crippen molar-refractivity contribution < 1.29 is 32.9 Å². The van der Waals surface area contributed by atoms with E-state index in [4.69, 9.17) is 9.05 Å². The number of carbonyl (C=O) groups is 1. The Balaban J connectivity index is 4.20. The van der Waals surface area contributed by atoms with E-state index in [-0.39, 0.29) is 12.5 Å². The molecule has 450 valence electrons. The fraction of sp³-hybridized carbons (Fsp3) is 0.809. The number of carbonyl (C=O) groups excluding carboxylic acids is 1. The van der Waals surface area contributed by atoms with Gasteiger partial charge in [-0.3, -0.25) is 9.36 Å². The van der Waals surface area contributed by atoms with E-state index in [1.54, 1.807) is 6.08 Å². The van der Waals surface area contributed by atoms with Crippen molar-refractivity contribution in [3.63, 3.8) is 0 Å². The number of likely N-dealkylation sites (N-methyl/N-ethyl adjacent to an activating group) is 1. The monoisotopic (exact) mass is 1100 g/mol. The Hall–Kier alpha value is -2.06. The lowest BCUT2D eigenvalue weighted by molar-refractivity contribution is -0.870. The average Bonchev–Trinajstić information content (AvgIpc) is 3.39. The van der Waals surface area contributed by atoms with Gasteiger partial charge in [0.05, 0.1) is 39.9 Å². The standard InChI is InChI=1S/C68H127N2O6P/c1-6-8-10-12-14-16-18-20-22-24-26-28-30-31-32-33-34-35-36-37-38-40-41-43-45-47-49-51-53-55-57-59-61-67(71)66(65-76-77(73,74)75-64-63-70(3,4)5)69-68(72)62-60-58-56-54-52-50-48-46-44-42-39-29-27-25-23-21-19-17-15-13-11-9-7-2/h19,21,25,27,39,42-43,45,51,53,59,61,66-67,71H,6-18,20,22-24,26,28-38,40-41,44,46-50,52,54-58,60,62-65H2,1-5H3,(H-,69,72,73,74)/b21-19-,27-25-,42-39-,45-43+,53-51+,61-59+. The summed E-state index contributed by atoms with van der Waals surface area (Å²) in [5.41, 5.74) is 0. The van der Waals surface area contributed by atoms with Crippen LogP contribution in [0, 0.1) is 0 Å². The molecule has 0 fully saturated rings. The number of phosphoric ester groups is 1. The smallest absolute Gasteiger partial charge is 0.268 e. The van der Waals surface area contributed by atoms with Crippen molar-refractivity contribution in [2.24, 2.45) is 0 Å². The van der Waals surface area contributed by atoms with Gasteiger partial charge in [0.15, 0.2) is 0 Å². The molecule has 0 aliphatic carbocycles. The van der Waals surface area contributed by atoms with E-state index in [9.17, 15) is 19.4 Å². The van der Waals surface area contributed by atoms with E-state index in [2.05, 4.69) is 79.9 Å². The highest BCUT2D eigenvalue weighted by Crippen LogP contribution is 2.38. The van der Waals surface area contributed by atoms with Crippen LogP contribution >= 0.6 is 7.82 Å². The molecule has 3 atom stereocenters. The van der Waals surface area contributed by atoms with Gasteiger partial charge in [0, 0.05) is 6.42 Å². The fourth-order valence-electron chi connectivity index (χ4n) is 9.49. The zero-order chi connectivity index (χ0) is 56.3. The first-order valence-electron chi connectivity index (χ1n) is 32.8. The van der Waals surface area contributed by atoms with Crippen LogP contribution in [-0.2, 0) is 18.4 Å². The molecular formula is C68H127N2O6P. The largest absolute Gasteiger partial charge is 0.756 e. The van der Waals surface area contributed by atoms with Crippen molar-refractivity contribution in [1.29, 1.82) is 0 Å². The van der Waals surface area contributed by atoms with Crippen LogP contribution in [0.1, 0.15) is 303 Å². The van der Waals surface area contributed by atoms with Gasteiger partial charge in [-0.1, -0.05) is 286 Å². The lowest BCUT2D eigenvalue weighted by Gasteiger charge is -2.29. The molecule has 2 N–H and O–H groups in total. The number of rotatable bonds is 60. The zero-order valence-corrected chi connectivity index (χ0v) is 52.3. The number of hydrogen-bond donors (Lipinski definition) is 2. The van der Waals surface area contributed by atoms with Gasteiger partial charge in [0.2, 0.25) is 5.91 Å². The third-order valence-corrected chi connectivity index (χ3v) is 15.6. The van der Waals surface area contributed by atoms with Gasteiger partial charge in [-0.25, -0.2) is 0 Å². The Morgan fingerprint density at radius 2 is 0.766 bits per heavy atom. The summed E-state index contributed by atoms with van der Waals surface area (Å²) in [6.45, 7) is 4.63. The second-order valence-electron chi connectivity index (χ2n) is 23.4. The Morgan fingerprint density at radius 1 is 0.455 bits per heavy atom. The molecular weight excluding hydrogens is 972 g/mol. The van der Waals surface area contributed by atoms with Crippen molar-refractivity contribution in [3.05, 3.63) is 72.9 Å². The second-order valence-corrected chi connectivity index (χ2v) is 24.9. The Bertz CT molecular complexity index is 1480. The molecule has 0 bridgehead atoms. The van der Waals surface area contributed by atoms with Crippen LogP contribution in [0.2, 0.25) is 0 Å². The van der Waals surface area contributed by atoms with Crippen molar-refractivity contribution in [3.8, 4) is 0 Å². The maximum atomic E-state index is 13.0. The van der Waals surface area contributed by atoms with Crippen LogP contribution in [-0.4, -0.2) is 68.5 Å². The van der Waals surface area contributed by atoms with Gasteiger partial charge in [-0.05, 0) is 83.5 Å². The van der Waals surface area contributed by atoms with Gasteiger partial charge < -0.3 is 28.8 Å². The summed E-state index contributed by atoms with van der Waals surface area (Å²) in [6, 6.07) is -0.919. The number of allylic oxidation sites excluding steroid dienone is 11. The first-order chi connectivity index (χ1) is 37.5. The number of hydrogen-bond acceptors (Lipinski definition) is 6. The summed E-state index contributed by atoms with van der Waals surface area (Å²) in [5, 5.41) is 13.9. The number of quaternary nitrogens is 1. The topological polar surface area (TPSA) is 108 Å². The quantitative estimate of drug-likeness (QED) is 0.0272. The summed E-state index contributed by atoms with van der Waals surface area (Å²) < 4.78 is 23.4. The van der Waals surface area contributed by atoms with Gasteiger partial charge >= 0.3 is 0 Å². The Morgan fingerprint density at radius 3 is 1.14 bits per heavy atom. The van der Waals surface area contributed by atoms with Crippen LogP contribution in [0.25, 0.3) is 0 Å². The molecule has 0 aliphatic heterocycles. The maximum Gasteiger partial charge on any atom is 0.268 e. The van der Waals surface area contributed by atoms with Crippen molar-refractivity contribution in [2.45, 2.75) is 315 Å². The summed E-state index contributed by atoms with van der Waals surface area (Å²) in [7, 11) is 1.23. The molecule has 0 aromatic rings. The van der Waals surface area contributed by atoms with E-state index in [0.717, 1.165) is 70.6 Å². The van der Waals surface area contributed by atoms with Crippen LogP contribution < -0.4 is 10.2 Å². The van der Waals surface area contributed by atoms with Crippen LogP contribution in [0.3, 0.4) is 0 Å². The molecule has 0 radical (unpaired) electrons. The van der Waals surface area contributed by atoms with Gasteiger partial charge in [-0.2, -0.15) is 0 Å². The Kier molecular flexibility index (Phi) is 57.0. The van der Waals surface area contributed by atoms with Crippen molar-refractivity contribution >= 4 is 13.7 Å². The van der Waals surface area contributed by atoms with Crippen LogP contribution in [0.5, 0.6) is 0 Å². The maximum absolute atomic E-state index is 13.0. The molecule has 0 aromatic heterocycles. The molecule has 0 aliphatic rings. The number of amides is 1. The number of phosphoric acid groups is 1. The predicted molar refractivity (Wildman–Crippen MR) is 334 cm³/mol. The number of nitrogens with zero attached hydrogens (tertiary/aromatic N) is 1. The molecule has 0 rings (SSSR count). The Labute approximate surface area is 478 Å². The SMILES string of the molecule is CCCCCCC/C=C\C/C=C\C/C=C\CCCCCCCCCCC(=O)NC(COP(=O)([O-])OCC[N+](C)(C)C)C(O)/C=C/CC/C=C/CC/C=C/CCCCCCCCCCCCCCCCCCCCCCCC. The van der Waals surface area contributed by atoms with E-state index < -0.39 is 26.6 Å². The van der Waals surface area contributed by atoms with E-state index >= 15 is 0 Å². The molecule has 1 amide bonds. The third-order valence-electron chi connectivity index (χ3n) is 14.6. The summed E-state index contributed by atoms with van der Waals surface area (Å²) in [4.78, 5) is 25.6. The molecule has 0 saturated carbocycles. The second kappa shape index (κ2) is 58.6. The molecule has 0 aromatic carbocycles. The third kappa shape index (κ3) is 61.4. The molecule has 0 saturated heterocycles. The minimum atomic E-state index is -4.62. The first kappa shape index (κ1) is 74.9. The normalized spacial score (nSPS) is 14.2. The van der Waals surface area contributed by atoms with E-state index in [1.807, 2.05) is 27.2 Å². The van der Waals surface area contributed by atoms with Crippen LogP contribution in [0.15, 0.2) is 72.9 Å². The summed E-state index contributed by atoms with van der Waals surface area (Å²) in [5.74, 6) is -0.218. The molecule has 9 heteroatoms. The first-order valence-corrected chi connectivity index (χ1v) is 34.3. The molecule has 0 heterocycles. The summed E-state index contributed by atoms with van der Waals surface area (Å²) >= 11 is 0. The number of aliphatic hydroxyl groups excluding tert-OH is 1. The van der Waals surface area contributed by atoms with Gasteiger partial charge in [0.1, 0.15) is 13.2 Å². The van der Waals surface area contributed by atoms with Crippen molar-refractivity contribution in [2.75, 3.05) is 40.9 Å². The predicted octanol–water partition coefficient (Wildman–Crippen LogP) is 20.0. The highest BCUT2D eigenvalue weighted by Gasteiger charge is 2.23. The summed E-state index contributed by atoms with van der Waals surface area (Å²) in [6.07, 6.45) is 81.6. The lowest BCUT2D eigenvalue weighted by Crippen LogP contribution is -2.45. The van der Waals surface area contributed by atoms with Gasteiger partial charge in [-0.15, -0.1) is 0 Å². The van der Waals surface area contributed by atoms with Crippen molar-refractivity contribution in [1.82, 2.24) is 5.32 Å². The number of nitrogens with one attached hydrogen (secondary N) is 1. The van der Waals surface area contributed by atoms with E-state index in [1.165, 1.54) is 212 Å². The highest BCUT2D eigenvalue weighted by atomic mass is 31.2. The molecule has 0 spiro atoms. The minimum Gasteiger partial charge on any atom is -0.756 e. The van der Waals surface area contributed by atoms with Crippen LogP contribution in [0.4, 0.5) is 0 Å².